The summed E-state index contributed by atoms with van der Waals surface area (Å²) in [5.41, 5.74) is 4.15. The normalized spacial score (nSPS) is 10.9. The van der Waals surface area contributed by atoms with Crippen molar-refractivity contribution in [2.75, 3.05) is 0 Å². The van der Waals surface area contributed by atoms with Gasteiger partial charge in [-0.15, -0.1) is 0 Å². The number of hydrogen-bond acceptors (Lipinski definition) is 4. The second kappa shape index (κ2) is 4.41. The fraction of sp³-hybridized carbons (Fsp3) is 0.143. The molecule has 100 valence electrons. The molecule has 2 heterocycles. The molecule has 0 bridgehead atoms. The predicted molar refractivity (Wildman–Crippen MR) is 75.0 cm³/mol. The Balaban J connectivity index is 2.14. The molecular formula is C14H12N4O2. The van der Waals surface area contributed by atoms with Crippen molar-refractivity contribution in [3.8, 4) is 5.82 Å². The first kappa shape index (κ1) is 12.3. The zero-order valence-electron chi connectivity index (χ0n) is 11.1. The van der Waals surface area contributed by atoms with Gasteiger partial charge in [0.2, 0.25) is 0 Å². The fourth-order valence-corrected chi connectivity index (χ4v) is 2.08. The molecule has 0 aliphatic carbocycles. The molecule has 0 saturated carbocycles. The van der Waals surface area contributed by atoms with Crippen LogP contribution in [-0.2, 0) is 0 Å². The van der Waals surface area contributed by atoms with Crippen LogP contribution in [0.2, 0.25) is 0 Å². The first-order valence-corrected chi connectivity index (χ1v) is 6.11. The van der Waals surface area contributed by atoms with Gasteiger partial charge in [0.1, 0.15) is 18.3 Å². The first-order valence-electron chi connectivity index (χ1n) is 6.11. The van der Waals surface area contributed by atoms with E-state index in [-0.39, 0.29) is 5.69 Å². The van der Waals surface area contributed by atoms with Crippen LogP contribution in [0, 0.1) is 24.0 Å². The number of pyridine rings is 1. The Labute approximate surface area is 114 Å². The summed E-state index contributed by atoms with van der Waals surface area (Å²) in [6.45, 7) is 4.08. The summed E-state index contributed by atoms with van der Waals surface area (Å²) in [4.78, 5) is 18.6. The summed E-state index contributed by atoms with van der Waals surface area (Å²) in [6.07, 6.45) is 2.93. The van der Waals surface area contributed by atoms with Gasteiger partial charge in [0, 0.05) is 6.07 Å². The van der Waals surface area contributed by atoms with Crippen molar-refractivity contribution in [2.45, 2.75) is 13.8 Å². The quantitative estimate of drug-likeness (QED) is 0.529. The second-order valence-corrected chi connectivity index (χ2v) is 4.67. The number of aryl methyl sites for hydroxylation is 2. The maximum absolute atomic E-state index is 10.6. The summed E-state index contributed by atoms with van der Waals surface area (Å²) in [5, 5.41) is 10.6. The lowest BCUT2D eigenvalue weighted by Gasteiger charge is -2.04. The highest BCUT2D eigenvalue weighted by Crippen LogP contribution is 2.21. The molecule has 0 atom stereocenters. The van der Waals surface area contributed by atoms with Crippen LogP contribution in [0.1, 0.15) is 11.1 Å². The summed E-state index contributed by atoms with van der Waals surface area (Å²) in [6, 6.07) is 7.12. The summed E-state index contributed by atoms with van der Waals surface area (Å²) in [7, 11) is 0. The van der Waals surface area contributed by atoms with E-state index in [4.69, 9.17) is 0 Å². The minimum Gasteiger partial charge on any atom is -0.283 e. The summed E-state index contributed by atoms with van der Waals surface area (Å²) >= 11 is 0. The number of fused-ring (bicyclic) bond motifs is 1. The monoisotopic (exact) mass is 268 g/mol. The maximum atomic E-state index is 10.6. The Bertz CT molecular complexity index is 806. The van der Waals surface area contributed by atoms with E-state index in [9.17, 15) is 10.1 Å². The van der Waals surface area contributed by atoms with Crippen molar-refractivity contribution in [1.82, 2.24) is 14.5 Å². The molecule has 0 spiro atoms. The van der Waals surface area contributed by atoms with Gasteiger partial charge in [-0.25, -0.2) is 9.97 Å². The molecule has 6 nitrogen and oxygen atoms in total. The van der Waals surface area contributed by atoms with E-state index in [1.165, 1.54) is 23.4 Å². The van der Waals surface area contributed by atoms with E-state index in [1.807, 2.05) is 30.5 Å². The van der Waals surface area contributed by atoms with Gasteiger partial charge < -0.3 is 0 Å². The molecule has 3 rings (SSSR count). The zero-order chi connectivity index (χ0) is 14.3. The Morgan fingerprint density at radius 2 is 1.90 bits per heavy atom. The average Bonchev–Trinajstić information content (AvgIpc) is 2.82. The van der Waals surface area contributed by atoms with Gasteiger partial charge in [-0.05, 0) is 43.2 Å². The summed E-state index contributed by atoms with van der Waals surface area (Å²) in [5.74, 6) is 0.612. The molecule has 0 saturated heterocycles. The van der Waals surface area contributed by atoms with Crippen molar-refractivity contribution >= 4 is 16.7 Å². The third-order valence-electron chi connectivity index (χ3n) is 3.35. The highest BCUT2D eigenvalue weighted by Gasteiger charge is 2.10. The zero-order valence-corrected chi connectivity index (χ0v) is 11.1. The number of nitro groups is 1. The SMILES string of the molecule is Cc1cc2ncn(-c3ccc([N+](=O)[O-])cn3)c2cc1C. The van der Waals surface area contributed by atoms with Crippen LogP contribution in [-0.4, -0.2) is 19.5 Å². The van der Waals surface area contributed by atoms with Gasteiger partial charge in [0.25, 0.3) is 5.69 Å². The molecule has 0 radical (unpaired) electrons. The van der Waals surface area contributed by atoms with Gasteiger partial charge in [-0.2, -0.15) is 0 Å². The molecule has 0 aliphatic rings. The molecule has 6 heteroatoms. The standard InChI is InChI=1S/C14H12N4O2/c1-9-5-12-13(6-10(9)2)17(8-16-12)14-4-3-11(7-15-14)18(19)20/h3-8H,1-2H3. The average molecular weight is 268 g/mol. The molecule has 20 heavy (non-hydrogen) atoms. The maximum Gasteiger partial charge on any atom is 0.287 e. The van der Waals surface area contributed by atoms with Crippen LogP contribution in [0.5, 0.6) is 0 Å². The topological polar surface area (TPSA) is 73.8 Å². The number of rotatable bonds is 2. The molecule has 0 aliphatic heterocycles. The van der Waals surface area contributed by atoms with Crippen molar-refractivity contribution in [3.05, 3.63) is 58.0 Å². The van der Waals surface area contributed by atoms with Crippen LogP contribution in [0.3, 0.4) is 0 Å². The Morgan fingerprint density at radius 3 is 2.55 bits per heavy atom. The fourth-order valence-electron chi connectivity index (χ4n) is 2.08. The minimum absolute atomic E-state index is 0.0230. The highest BCUT2D eigenvalue weighted by atomic mass is 16.6. The number of benzene rings is 1. The van der Waals surface area contributed by atoms with Crippen LogP contribution >= 0.6 is 0 Å². The van der Waals surface area contributed by atoms with E-state index in [2.05, 4.69) is 9.97 Å². The summed E-state index contributed by atoms with van der Waals surface area (Å²) < 4.78 is 1.82. The van der Waals surface area contributed by atoms with E-state index in [0.29, 0.717) is 5.82 Å². The van der Waals surface area contributed by atoms with Crippen molar-refractivity contribution < 1.29 is 4.92 Å². The number of imidazole rings is 1. The van der Waals surface area contributed by atoms with Crippen molar-refractivity contribution in [2.24, 2.45) is 0 Å². The van der Waals surface area contributed by atoms with Crippen LogP contribution in [0.25, 0.3) is 16.9 Å². The largest absolute Gasteiger partial charge is 0.287 e. The molecule has 0 amide bonds. The van der Waals surface area contributed by atoms with Gasteiger partial charge in [0.05, 0.1) is 16.0 Å². The lowest BCUT2D eigenvalue weighted by molar-refractivity contribution is -0.385. The number of hydrogen-bond donors (Lipinski definition) is 0. The smallest absolute Gasteiger partial charge is 0.283 e. The highest BCUT2D eigenvalue weighted by molar-refractivity contribution is 5.78. The van der Waals surface area contributed by atoms with Crippen molar-refractivity contribution in [1.29, 1.82) is 0 Å². The van der Waals surface area contributed by atoms with Gasteiger partial charge in [-0.1, -0.05) is 0 Å². The molecule has 0 unspecified atom stereocenters. The Hall–Kier alpha value is -2.76. The second-order valence-electron chi connectivity index (χ2n) is 4.67. The van der Waals surface area contributed by atoms with E-state index >= 15 is 0 Å². The molecule has 0 N–H and O–H groups in total. The third kappa shape index (κ3) is 1.91. The predicted octanol–water partition coefficient (Wildman–Crippen LogP) is 2.95. The van der Waals surface area contributed by atoms with Crippen molar-refractivity contribution in [3.63, 3.8) is 0 Å². The molecular weight excluding hydrogens is 256 g/mol. The molecule has 0 fully saturated rings. The number of nitrogens with zero attached hydrogens (tertiary/aromatic N) is 4. The van der Waals surface area contributed by atoms with E-state index in [0.717, 1.165) is 11.0 Å². The third-order valence-corrected chi connectivity index (χ3v) is 3.35. The van der Waals surface area contributed by atoms with E-state index in [1.54, 1.807) is 12.4 Å². The van der Waals surface area contributed by atoms with E-state index < -0.39 is 4.92 Å². The lowest BCUT2D eigenvalue weighted by atomic mass is 10.1. The van der Waals surface area contributed by atoms with Gasteiger partial charge >= 0.3 is 0 Å². The Kier molecular flexibility index (Phi) is 2.71. The molecule has 2 aromatic heterocycles. The molecule has 3 aromatic rings. The molecule has 1 aromatic carbocycles. The first-order chi connectivity index (χ1) is 9.56. The van der Waals surface area contributed by atoms with Gasteiger partial charge in [0.15, 0.2) is 0 Å². The Morgan fingerprint density at radius 1 is 1.15 bits per heavy atom. The van der Waals surface area contributed by atoms with Crippen LogP contribution < -0.4 is 0 Å². The van der Waals surface area contributed by atoms with Crippen LogP contribution in [0.15, 0.2) is 36.8 Å². The van der Waals surface area contributed by atoms with Gasteiger partial charge in [-0.3, -0.25) is 14.7 Å². The van der Waals surface area contributed by atoms with Crippen LogP contribution in [0.4, 0.5) is 5.69 Å². The number of aromatic nitrogens is 3. The lowest BCUT2D eigenvalue weighted by Crippen LogP contribution is -1.97. The minimum atomic E-state index is -0.462.